The zero-order chi connectivity index (χ0) is 25.6. The van der Waals surface area contributed by atoms with Crippen LogP contribution in [0.1, 0.15) is 33.6 Å². The molecule has 0 bridgehead atoms. The van der Waals surface area contributed by atoms with E-state index < -0.39 is 0 Å². The van der Waals surface area contributed by atoms with Crippen molar-refractivity contribution in [2.45, 2.75) is 12.8 Å². The second-order valence-corrected chi connectivity index (χ2v) is 8.15. The molecule has 1 heterocycles. The summed E-state index contributed by atoms with van der Waals surface area (Å²) in [7, 11) is 0. The number of carbonyl (C=O) groups is 4. The van der Waals surface area contributed by atoms with Gasteiger partial charge < -0.3 is 29.9 Å². The first-order valence-electron chi connectivity index (χ1n) is 12.0. The van der Waals surface area contributed by atoms with Gasteiger partial charge >= 0.3 is 24.0 Å². The minimum atomic E-state index is -0.385. The number of benzene rings is 2. The number of hydrogen-bond donors (Lipinski definition) is 2. The largest absolute Gasteiger partial charge is 0.462 e. The number of carbonyl (C=O) groups excluding carboxylic acids is 4. The van der Waals surface area contributed by atoms with Crippen LogP contribution in [0.2, 0.25) is 0 Å². The molecule has 0 spiro atoms. The molecule has 0 unspecified atom stereocenters. The van der Waals surface area contributed by atoms with E-state index in [1.54, 1.807) is 58.3 Å². The van der Waals surface area contributed by atoms with Crippen molar-refractivity contribution in [3.63, 3.8) is 0 Å². The van der Waals surface area contributed by atoms with Crippen molar-refractivity contribution < 1.29 is 28.7 Å². The van der Waals surface area contributed by atoms with Crippen LogP contribution >= 0.6 is 0 Å². The Kier molecular flexibility index (Phi) is 10.6. The molecule has 192 valence electrons. The van der Waals surface area contributed by atoms with E-state index in [2.05, 4.69) is 10.6 Å². The predicted octanol–water partition coefficient (Wildman–Crippen LogP) is 2.52. The van der Waals surface area contributed by atoms with Crippen molar-refractivity contribution in [1.82, 2.24) is 20.4 Å². The van der Waals surface area contributed by atoms with Gasteiger partial charge in [0.1, 0.15) is 0 Å². The zero-order valence-electron chi connectivity index (χ0n) is 20.2. The average molecular weight is 497 g/mol. The number of nitrogens with zero attached hydrogens (tertiary/aromatic N) is 2. The van der Waals surface area contributed by atoms with Gasteiger partial charge in [-0.2, -0.15) is 0 Å². The molecule has 1 saturated heterocycles. The molecule has 4 amide bonds. The predicted molar refractivity (Wildman–Crippen MR) is 133 cm³/mol. The van der Waals surface area contributed by atoms with Gasteiger partial charge in [0.25, 0.3) is 0 Å². The van der Waals surface area contributed by atoms with E-state index in [4.69, 9.17) is 9.47 Å². The Morgan fingerprint density at radius 1 is 0.611 bits per heavy atom. The van der Waals surface area contributed by atoms with Gasteiger partial charge in [0, 0.05) is 39.3 Å². The maximum absolute atomic E-state index is 12.3. The van der Waals surface area contributed by atoms with Crippen LogP contribution in [-0.4, -0.2) is 86.3 Å². The highest BCUT2D eigenvalue weighted by atomic mass is 16.5. The molecule has 2 N–H and O–H groups in total. The molecule has 2 aromatic carbocycles. The summed E-state index contributed by atoms with van der Waals surface area (Å²) in [5.74, 6) is -0.769. The molecule has 1 aliphatic rings. The molecule has 10 nitrogen and oxygen atoms in total. The number of ether oxygens (including phenoxy) is 2. The number of hydrogen-bond acceptors (Lipinski definition) is 6. The van der Waals surface area contributed by atoms with Crippen molar-refractivity contribution in [2.75, 3.05) is 52.5 Å². The number of piperazine rings is 1. The van der Waals surface area contributed by atoms with Gasteiger partial charge in [-0.3, -0.25) is 0 Å². The highest BCUT2D eigenvalue weighted by Gasteiger charge is 2.23. The van der Waals surface area contributed by atoms with E-state index >= 15 is 0 Å². The first kappa shape index (κ1) is 26.5. The third-order valence-corrected chi connectivity index (χ3v) is 5.53. The molecule has 0 atom stereocenters. The summed E-state index contributed by atoms with van der Waals surface area (Å²) in [6, 6.07) is 17.1. The normalized spacial score (nSPS) is 13.0. The Hall–Kier alpha value is -4.08. The van der Waals surface area contributed by atoms with Gasteiger partial charge in [-0.05, 0) is 37.1 Å². The lowest BCUT2D eigenvalue weighted by molar-refractivity contribution is 0.0491. The average Bonchev–Trinajstić information content (AvgIpc) is 2.93. The van der Waals surface area contributed by atoms with Gasteiger partial charge in [0.2, 0.25) is 0 Å². The summed E-state index contributed by atoms with van der Waals surface area (Å²) >= 11 is 0. The van der Waals surface area contributed by atoms with Crippen LogP contribution in [0.3, 0.4) is 0 Å². The second kappa shape index (κ2) is 14.3. The quantitative estimate of drug-likeness (QED) is 0.386. The number of rotatable bonds is 10. The van der Waals surface area contributed by atoms with Crippen molar-refractivity contribution in [3.8, 4) is 0 Å². The lowest BCUT2D eigenvalue weighted by Crippen LogP contribution is -2.55. The summed E-state index contributed by atoms with van der Waals surface area (Å²) < 4.78 is 10.4. The smallest absolute Gasteiger partial charge is 0.338 e. The first-order chi connectivity index (χ1) is 17.5. The Morgan fingerprint density at radius 2 is 0.972 bits per heavy atom. The van der Waals surface area contributed by atoms with E-state index in [1.807, 2.05) is 12.1 Å². The molecular weight excluding hydrogens is 464 g/mol. The maximum atomic E-state index is 12.3. The minimum absolute atomic E-state index is 0.204. The summed E-state index contributed by atoms with van der Waals surface area (Å²) in [5, 5.41) is 5.63. The van der Waals surface area contributed by atoms with Crippen LogP contribution in [0.4, 0.5) is 9.59 Å². The standard InChI is InChI=1S/C26H32N4O6/c31-23(21-9-3-1-4-10-21)35-19-7-13-27-25(33)29-15-17-30(18-16-29)26(34)28-14-8-20-36-24(32)22-11-5-2-6-12-22/h1-6,9-12H,7-8,13-20H2,(H,27,33)(H,28,34). The Morgan fingerprint density at radius 3 is 1.33 bits per heavy atom. The summed E-state index contributed by atoms with van der Waals surface area (Å²) in [4.78, 5) is 51.8. The summed E-state index contributed by atoms with van der Waals surface area (Å²) in [6.45, 7) is 2.91. The Labute approximate surface area is 210 Å². The van der Waals surface area contributed by atoms with Gasteiger partial charge in [0.15, 0.2) is 0 Å². The Bertz CT molecular complexity index is 913. The van der Waals surface area contributed by atoms with Gasteiger partial charge in [-0.15, -0.1) is 0 Å². The summed E-state index contributed by atoms with van der Waals surface area (Å²) in [5.41, 5.74) is 0.991. The van der Waals surface area contributed by atoms with E-state index in [0.717, 1.165) is 0 Å². The van der Waals surface area contributed by atoms with Crippen LogP contribution in [0, 0.1) is 0 Å². The van der Waals surface area contributed by atoms with Gasteiger partial charge in [-0.25, -0.2) is 19.2 Å². The van der Waals surface area contributed by atoms with Crippen LogP contribution < -0.4 is 10.6 Å². The molecule has 3 rings (SSSR count). The van der Waals surface area contributed by atoms with Crippen LogP contribution in [-0.2, 0) is 9.47 Å². The van der Waals surface area contributed by atoms with Crippen molar-refractivity contribution in [1.29, 1.82) is 0 Å². The third-order valence-electron chi connectivity index (χ3n) is 5.53. The highest BCUT2D eigenvalue weighted by molar-refractivity contribution is 5.89. The zero-order valence-corrected chi connectivity index (χ0v) is 20.2. The molecule has 0 radical (unpaired) electrons. The molecule has 0 aliphatic carbocycles. The molecule has 36 heavy (non-hydrogen) atoms. The topological polar surface area (TPSA) is 117 Å². The first-order valence-corrected chi connectivity index (χ1v) is 12.0. The fraction of sp³-hybridized carbons (Fsp3) is 0.385. The third kappa shape index (κ3) is 8.61. The Balaban J connectivity index is 1.21. The minimum Gasteiger partial charge on any atom is -0.462 e. The molecule has 0 aromatic heterocycles. The van der Waals surface area contributed by atoms with E-state index in [0.29, 0.717) is 63.2 Å². The lowest BCUT2D eigenvalue weighted by atomic mass is 10.2. The van der Waals surface area contributed by atoms with Crippen LogP contribution in [0.5, 0.6) is 0 Å². The maximum Gasteiger partial charge on any atom is 0.338 e. The molecular formula is C26H32N4O6. The number of amides is 4. The van der Waals surface area contributed by atoms with Gasteiger partial charge in [0.05, 0.1) is 24.3 Å². The van der Waals surface area contributed by atoms with Crippen molar-refractivity contribution in [2.24, 2.45) is 0 Å². The monoisotopic (exact) mass is 496 g/mol. The highest BCUT2D eigenvalue weighted by Crippen LogP contribution is 2.04. The fourth-order valence-corrected chi connectivity index (χ4v) is 3.52. The SMILES string of the molecule is O=C(OCCCNC(=O)N1CCN(C(=O)NCCCOC(=O)c2ccccc2)CC1)c1ccccc1. The molecule has 1 fully saturated rings. The molecule has 0 saturated carbocycles. The van der Waals surface area contributed by atoms with E-state index in [1.165, 1.54) is 0 Å². The number of nitrogens with one attached hydrogen (secondary N) is 2. The molecule has 10 heteroatoms. The van der Waals surface area contributed by atoms with Crippen molar-refractivity contribution in [3.05, 3.63) is 71.8 Å². The van der Waals surface area contributed by atoms with Crippen LogP contribution in [0.15, 0.2) is 60.7 Å². The molecule has 1 aliphatic heterocycles. The lowest BCUT2D eigenvalue weighted by Gasteiger charge is -2.34. The van der Waals surface area contributed by atoms with Gasteiger partial charge in [-0.1, -0.05) is 36.4 Å². The second-order valence-electron chi connectivity index (χ2n) is 8.15. The summed E-state index contributed by atoms with van der Waals surface area (Å²) in [6.07, 6.45) is 1.01. The number of esters is 2. The fourth-order valence-electron chi connectivity index (χ4n) is 3.52. The van der Waals surface area contributed by atoms with E-state index in [9.17, 15) is 19.2 Å². The van der Waals surface area contributed by atoms with E-state index in [-0.39, 0.29) is 37.2 Å². The molecule has 2 aromatic rings. The van der Waals surface area contributed by atoms with Crippen molar-refractivity contribution >= 4 is 24.0 Å². The number of urea groups is 2. The van der Waals surface area contributed by atoms with Crippen LogP contribution in [0.25, 0.3) is 0 Å².